The summed E-state index contributed by atoms with van der Waals surface area (Å²) < 4.78 is 5.24. The molecule has 31 heavy (non-hydrogen) atoms. The van der Waals surface area contributed by atoms with E-state index in [1.807, 2.05) is 0 Å². The van der Waals surface area contributed by atoms with Crippen LogP contribution in [0.4, 0.5) is 0 Å². The Morgan fingerprint density at radius 2 is 1.87 bits per heavy atom. The number of hydrogen-bond acceptors (Lipinski definition) is 5. The second-order valence-corrected chi connectivity index (χ2v) is 11.6. The summed E-state index contributed by atoms with van der Waals surface area (Å²) in [6.07, 6.45) is 6.22. The SMILES string of the molecule is COC(=O)[C@H]1[C@@H]2[C@H](CC[C@@]3(C)[C@H]2CC[C@@]3(O)CCC(=O)O)[C@@]2(C)CCC(=O)C=C2[C@@H]1Br. The molecule has 0 aromatic carbocycles. The Kier molecular flexibility index (Phi) is 5.69. The quantitative estimate of drug-likeness (QED) is 0.452. The highest BCUT2D eigenvalue weighted by Crippen LogP contribution is 2.70. The maximum atomic E-state index is 13.1. The van der Waals surface area contributed by atoms with Crippen molar-refractivity contribution in [3.63, 3.8) is 0 Å². The lowest BCUT2D eigenvalue weighted by molar-refractivity contribution is -0.168. The first-order valence-corrected chi connectivity index (χ1v) is 12.3. The van der Waals surface area contributed by atoms with Crippen molar-refractivity contribution in [2.24, 2.45) is 34.5 Å². The summed E-state index contributed by atoms with van der Waals surface area (Å²) >= 11 is 3.79. The number of hydrogen-bond donors (Lipinski definition) is 2. The lowest BCUT2D eigenvalue weighted by Gasteiger charge is -2.61. The molecule has 3 saturated carbocycles. The number of fused-ring (bicyclic) bond motifs is 5. The lowest BCUT2D eigenvalue weighted by Crippen LogP contribution is -2.60. The van der Waals surface area contributed by atoms with Crippen LogP contribution in [0.5, 0.6) is 0 Å². The molecule has 4 rings (SSSR count). The maximum absolute atomic E-state index is 13.1. The van der Waals surface area contributed by atoms with E-state index in [0.717, 1.165) is 31.3 Å². The van der Waals surface area contributed by atoms with Gasteiger partial charge in [0.15, 0.2) is 5.78 Å². The molecule has 0 unspecified atom stereocenters. The number of carboxylic acid groups (broad SMARTS) is 1. The minimum atomic E-state index is -1.04. The van der Waals surface area contributed by atoms with Crippen LogP contribution in [-0.4, -0.2) is 45.5 Å². The third-order valence-electron chi connectivity index (χ3n) is 9.59. The Morgan fingerprint density at radius 1 is 1.19 bits per heavy atom. The van der Waals surface area contributed by atoms with Gasteiger partial charge in [-0.15, -0.1) is 0 Å². The van der Waals surface area contributed by atoms with E-state index < -0.39 is 22.9 Å². The van der Waals surface area contributed by atoms with E-state index in [1.54, 1.807) is 6.08 Å². The van der Waals surface area contributed by atoms with Gasteiger partial charge in [-0.05, 0) is 78.8 Å². The molecule has 3 fully saturated rings. The highest BCUT2D eigenvalue weighted by Gasteiger charge is 2.67. The van der Waals surface area contributed by atoms with E-state index in [1.165, 1.54) is 7.11 Å². The number of alkyl halides is 1. The van der Waals surface area contributed by atoms with E-state index >= 15 is 0 Å². The van der Waals surface area contributed by atoms with Gasteiger partial charge in [0, 0.05) is 12.8 Å². The molecule has 8 atom stereocenters. The summed E-state index contributed by atoms with van der Waals surface area (Å²) in [5, 5.41) is 20.8. The van der Waals surface area contributed by atoms with Crippen LogP contribution in [0, 0.1) is 34.5 Å². The summed E-state index contributed by atoms with van der Waals surface area (Å²) in [7, 11) is 1.41. The average Bonchev–Trinajstić information content (AvgIpc) is 2.99. The number of rotatable bonds is 4. The molecule has 0 aromatic heterocycles. The number of ketones is 1. The van der Waals surface area contributed by atoms with Gasteiger partial charge in [-0.1, -0.05) is 29.8 Å². The monoisotopic (exact) mass is 496 g/mol. The summed E-state index contributed by atoms with van der Waals surface area (Å²) in [4.78, 5) is 36.3. The lowest BCUT2D eigenvalue weighted by atomic mass is 9.44. The fourth-order valence-electron chi connectivity index (χ4n) is 7.81. The third-order valence-corrected chi connectivity index (χ3v) is 10.7. The van der Waals surface area contributed by atoms with Crippen LogP contribution in [0.3, 0.4) is 0 Å². The zero-order valence-corrected chi connectivity index (χ0v) is 20.1. The molecule has 0 amide bonds. The van der Waals surface area contributed by atoms with Gasteiger partial charge in [0.1, 0.15) is 0 Å². The van der Waals surface area contributed by atoms with Crippen molar-refractivity contribution in [3.05, 3.63) is 11.6 Å². The van der Waals surface area contributed by atoms with Crippen molar-refractivity contribution in [3.8, 4) is 0 Å². The molecule has 7 heteroatoms. The smallest absolute Gasteiger partial charge is 0.310 e. The topological polar surface area (TPSA) is 101 Å². The van der Waals surface area contributed by atoms with Crippen molar-refractivity contribution in [2.45, 2.75) is 75.6 Å². The number of carboxylic acids is 1. The van der Waals surface area contributed by atoms with Crippen molar-refractivity contribution >= 4 is 33.7 Å². The van der Waals surface area contributed by atoms with E-state index in [4.69, 9.17) is 4.74 Å². The Morgan fingerprint density at radius 3 is 2.52 bits per heavy atom. The van der Waals surface area contributed by atoms with Crippen molar-refractivity contribution < 1.29 is 29.3 Å². The normalized spacial score (nSPS) is 46.4. The van der Waals surface area contributed by atoms with Gasteiger partial charge < -0.3 is 14.9 Å². The first kappa shape index (κ1) is 23.0. The van der Waals surface area contributed by atoms with Crippen LogP contribution >= 0.6 is 15.9 Å². The molecule has 172 valence electrons. The predicted molar refractivity (Wildman–Crippen MR) is 118 cm³/mol. The van der Waals surface area contributed by atoms with Gasteiger partial charge in [-0.25, -0.2) is 0 Å². The van der Waals surface area contributed by atoms with Gasteiger partial charge in [-0.3, -0.25) is 14.4 Å². The molecule has 0 aliphatic heterocycles. The van der Waals surface area contributed by atoms with Gasteiger partial charge >= 0.3 is 11.9 Å². The maximum Gasteiger partial charge on any atom is 0.310 e. The van der Waals surface area contributed by atoms with Crippen LogP contribution < -0.4 is 0 Å². The number of aliphatic carboxylic acids is 1. The van der Waals surface area contributed by atoms with Crippen molar-refractivity contribution in [1.29, 1.82) is 0 Å². The third kappa shape index (κ3) is 3.25. The molecule has 0 saturated heterocycles. The second kappa shape index (κ2) is 7.68. The summed E-state index contributed by atoms with van der Waals surface area (Å²) in [6, 6.07) is 0. The Bertz CT molecular complexity index is 838. The van der Waals surface area contributed by atoms with Crippen LogP contribution in [0.25, 0.3) is 0 Å². The number of aliphatic hydroxyl groups is 1. The van der Waals surface area contributed by atoms with Crippen molar-refractivity contribution in [2.75, 3.05) is 7.11 Å². The highest BCUT2D eigenvalue weighted by molar-refractivity contribution is 9.09. The summed E-state index contributed by atoms with van der Waals surface area (Å²) in [5.74, 6) is -1.13. The van der Waals surface area contributed by atoms with E-state index in [-0.39, 0.29) is 52.6 Å². The molecular weight excluding hydrogens is 464 g/mol. The standard InChI is InChI=1S/C24H33BrO6/c1-22-8-4-13(26)12-16(22)20(25)19(21(29)31-3)18-14(22)5-9-23(2)15(18)6-10-24(23,30)11-7-17(27)28/h12,14-15,18-20,30H,4-11H2,1-3H3,(H,27,28)/t14-,15-,18+,19-,20-,22+,23-,24+/m0/s1. The van der Waals surface area contributed by atoms with E-state index in [2.05, 4.69) is 29.8 Å². The minimum absolute atomic E-state index is 0.0183. The Hall–Kier alpha value is -1.21. The molecular formula is C24H33BrO6. The van der Waals surface area contributed by atoms with Crippen LogP contribution in [0.15, 0.2) is 11.6 Å². The summed E-state index contributed by atoms with van der Waals surface area (Å²) in [6.45, 7) is 4.33. The highest BCUT2D eigenvalue weighted by atomic mass is 79.9. The zero-order chi connectivity index (χ0) is 22.8. The van der Waals surface area contributed by atoms with E-state index in [0.29, 0.717) is 12.8 Å². The first-order chi connectivity index (χ1) is 14.5. The van der Waals surface area contributed by atoms with Gasteiger partial charge in [0.2, 0.25) is 0 Å². The second-order valence-electron chi connectivity index (χ2n) is 10.6. The van der Waals surface area contributed by atoms with Crippen LogP contribution in [0.2, 0.25) is 0 Å². The molecule has 0 heterocycles. The molecule has 0 bridgehead atoms. The number of carbonyl (C=O) groups is 3. The number of methoxy groups -OCH3 is 1. The fraction of sp³-hybridized carbons (Fsp3) is 0.792. The molecule has 0 spiro atoms. The number of allylic oxidation sites excluding steroid dienone is 1. The Labute approximate surface area is 191 Å². The zero-order valence-electron chi connectivity index (χ0n) is 18.5. The van der Waals surface area contributed by atoms with Crippen LogP contribution in [0.1, 0.15) is 65.2 Å². The molecule has 0 aromatic rings. The van der Waals surface area contributed by atoms with E-state index in [9.17, 15) is 24.6 Å². The average molecular weight is 497 g/mol. The number of carbonyl (C=O) groups excluding carboxylic acids is 2. The van der Waals surface area contributed by atoms with Gasteiger partial charge in [0.25, 0.3) is 0 Å². The first-order valence-electron chi connectivity index (χ1n) is 11.4. The van der Waals surface area contributed by atoms with Gasteiger partial charge in [-0.2, -0.15) is 0 Å². The molecule has 0 radical (unpaired) electrons. The minimum Gasteiger partial charge on any atom is -0.481 e. The van der Waals surface area contributed by atoms with Crippen molar-refractivity contribution in [1.82, 2.24) is 0 Å². The molecule has 6 nitrogen and oxygen atoms in total. The fourth-order valence-corrected chi connectivity index (χ4v) is 9.03. The molecule has 2 N–H and O–H groups in total. The molecule has 4 aliphatic rings. The Balaban J connectivity index is 1.78. The number of halogens is 1. The van der Waals surface area contributed by atoms with Crippen LogP contribution in [-0.2, 0) is 19.1 Å². The summed E-state index contributed by atoms with van der Waals surface area (Å²) in [5.41, 5.74) is -0.628. The number of esters is 1. The number of ether oxygens (including phenoxy) is 1. The predicted octanol–water partition coefficient (Wildman–Crippen LogP) is 3.89. The molecule has 4 aliphatic carbocycles. The largest absolute Gasteiger partial charge is 0.481 e. The van der Waals surface area contributed by atoms with Gasteiger partial charge in [0.05, 0.1) is 23.5 Å².